The zero-order chi connectivity index (χ0) is 11.6. The Kier molecular flexibility index (Phi) is 4.45. The lowest BCUT2D eigenvalue weighted by molar-refractivity contribution is 0.431. The molecule has 1 aromatic carbocycles. The highest BCUT2D eigenvalue weighted by Crippen LogP contribution is 2.28. The molecule has 0 aliphatic heterocycles. The van der Waals surface area contributed by atoms with E-state index in [1.54, 1.807) is 0 Å². The minimum absolute atomic E-state index is 0.0811. The molecule has 0 aromatic heterocycles. The van der Waals surface area contributed by atoms with Gasteiger partial charge in [0.25, 0.3) is 0 Å². The van der Waals surface area contributed by atoms with Crippen LogP contribution in [0.15, 0.2) is 4.47 Å². The van der Waals surface area contributed by atoms with Crippen molar-refractivity contribution in [3.05, 3.63) is 33.3 Å². The Morgan fingerprint density at radius 3 is 1.80 bits per heavy atom. The highest BCUT2D eigenvalue weighted by Gasteiger charge is 2.23. The van der Waals surface area contributed by atoms with Gasteiger partial charge < -0.3 is 0 Å². The molecule has 0 saturated carbocycles. The standard InChI is InChI=1S/C9H7BrF4S/c10-5-8(13)6(11)4(2-1-3-15)7(12)9(5)14/h15H,1-3H2. The minimum Gasteiger partial charge on any atom is -0.203 e. The third-order valence-electron chi connectivity index (χ3n) is 1.89. The van der Waals surface area contributed by atoms with E-state index in [2.05, 4.69) is 28.6 Å². The zero-order valence-electron chi connectivity index (χ0n) is 7.46. The maximum absolute atomic E-state index is 13.2. The lowest BCUT2D eigenvalue weighted by atomic mass is 10.1. The van der Waals surface area contributed by atoms with Crippen LogP contribution in [0.2, 0.25) is 0 Å². The van der Waals surface area contributed by atoms with Crippen LogP contribution in [0.3, 0.4) is 0 Å². The molecule has 0 aliphatic rings. The summed E-state index contributed by atoms with van der Waals surface area (Å²) in [5.41, 5.74) is -0.567. The van der Waals surface area contributed by atoms with E-state index in [1.807, 2.05) is 0 Å². The second-order valence-corrected chi connectivity index (χ2v) is 4.12. The van der Waals surface area contributed by atoms with Gasteiger partial charge in [0.2, 0.25) is 0 Å². The van der Waals surface area contributed by atoms with Gasteiger partial charge in [-0.05, 0) is 34.5 Å². The molecular weight excluding hydrogens is 296 g/mol. The van der Waals surface area contributed by atoms with Crippen molar-refractivity contribution < 1.29 is 17.6 Å². The summed E-state index contributed by atoms with van der Waals surface area (Å²) >= 11 is 6.29. The summed E-state index contributed by atoms with van der Waals surface area (Å²) in [5.74, 6) is -5.10. The fourth-order valence-electron chi connectivity index (χ4n) is 1.13. The molecule has 1 aromatic rings. The van der Waals surface area contributed by atoms with Gasteiger partial charge in [-0.1, -0.05) is 0 Å². The minimum atomic E-state index is -1.40. The van der Waals surface area contributed by atoms with E-state index >= 15 is 0 Å². The fourth-order valence-corrected chi connectivity index (χ4v) is 1.63. The van der Waals surface area contributed by atoms with Gasteiger partial charge in [0.05, 0.1) is 4.47 Å². The maximum atomic E-state index is 13.2. The molecule has 0 fully saturated rings. The predicted molar refractivity (Wildman–Crippen MR) is 56.1 cm³/mol. The number of hydrogen-bond donors (Lipinski definition) is 1. The second-order valence-electron chi connectivity index (χ2n) is 2.88. The topological polar surface area (TPSA) is 0 Å². The Labute approximate surface area is 98.2 Å². The first-order valence-electron chi connectivity index (χ1n) is 4.11. The monoisotopic (exact) mass is 302 g/mol. The van der Waals surface area contributed by atoms with Gasteiger partial charge in [0.1, 0.15) is 0 Å². The summed E-state index contributed by atoms with van der Waals surface area (Å²) in [6, 6.07) is 0. The molecule has 0 aliphatic carbocycles. The quantitative estimate of drug-likeness (QED) is 0.373. The summed E-state index contributed by atoms with van der Waals surface area (Å²) in [4.78, 5) is 0. The van der Waals surface area contributed by atoms with Crippen LogP contribution in [0, 0.1) is 23.3 Å². The Bertz CT molecular complexity index is 352. The molecule has 6 heteroatoms. The molecule has 84 valence electrons. The Hall–Kier alpha value is -0.230. The Morgan fingerprint density at radius 2 is 1.40 bits per heavy atom. The molecule has 0 atom stereocenters. The van der Waals surface area contributed by atoms with Crippen LogP contribution < -0.4 is 0 Å². The average Bonchev–Trinajstić information content (AvgIpc) is 2.24. The highest BCUT2D eigenvalue weighted by molar-refractivity contribution is 9.10. The summed E-state index contributed by atoms with van der Waals surface area (Å²) in [7, 11) is 0. The van der Waals surface area contributed by atoms with Gasteiger partial charge >= 0.3 is 0 Å². The Balaban J connectivity index is 3.26. The van der Waals surface area contributed by atoms with Crippen molar-refractivity contribution in [2.24, 2.45) is 0 Å². The third-order valence-corrected chi connectivity index (χ3v) is 2.90. The lowest BCUT2D eigenvalue weighted by Crippen LogP contribution is -2.05. The van der Waals surface area contributed by atoms with E-state index in [4.69, 9.17) is 0 Å². The normalized spacial score (nSPS) is 10.8. The summed E-state index contributed by atoms with van der Waals surface area (Å²) in [6.45, 7) is 0. The molecule has 0 saturated heterocycles. The second kappa shape index (κ2) is 5.21. The number of benzene rings is 1. The molecule has 1 rings (SSSR count). The van der Waals surface area contributed by atoms with Crippen molar-refractivity contribution in [1.29, 1.82) is 0 Å². The fraction of sp³-hybridized carbons (Fsp3) is 0.333. The molecule has 0 spiro atoms. The van der Waals surface area contributed by atoms with Gasteiger partial charge in [0.15, 0.2) is 23.3 Å². The molecule has 0 heterocycles. The largest absolute Gasteiger partial charge is 0.203 e. The first-order chi connectivity index (χ1) is 7.00. The molecule has 15 heavy (non-hydrogen) atoms. The van der Waals surface area contributed by atoms with Crippen molar-refractivity contribution in [3.63, 3.8) is 0 Å². The van der Waals surface area contributed by atoms with Crippen LogP contribution in [-0.4, -0.2) is 5.75 Å². The molecule has 0 radical (unpaired) electrons. The van der Waals surface area contributed by atoms with Crippen LogP contribution in [0.25, 0.3) is 0 Å². The number of thiol groups is 1. The van der Waals surface area contributed by atoms with E-state index < -0.39 is 33.3 Å². The highest BCUT2D eigenvalue weighted by atomic mass is 79.9. The molecular formula is C9H7BrF4S. The van der Waals surface area contributed by atoms with E-state index in [0.717, 1.165) is 0 Å². The van der Waals surface area contributed by atoms with Crippen molar-refractivity contribution in [2.45, 2.75) is 12.8 Å². The molecule has 0 N–H and O–H groups in total. The van der Waals surface area contributed by atoms with Gasteiger partial charge in [-0.2, -0.15) is 12.6 Å². The maximum Gasteiger partial charge on any atom is 0.176 e. The molecule has 0 nitrogen and oxygen atoms in total. The van der Waals surface area contributed by atoms with Crippen molar-refractivity contribution >= 4 is 28.6 Å². The van der Waals surface area contributed by atoms with E-state index in [9.17, 15) is 17.6 Å². The number of hydrogen-bond acceptors (Lipinski definition) is 1. The van der Waals surface area contributed by atoms with Crippen molar-refractivity contribution in [3.8, 4) is 0 Å². The summed E-state index contributed by atoms with van der Waals surface area (Å²) in [5, 5.41) is 0. The predicted octanol–water partition coefficient (Wildman–Crippen LogP) is 3.87. The average molecular weight is 303 g/mol. The smallest absolute Gasteiger partial charge is 0.176 e. The van der Waals surface area contributed by atoms with Crippen molar-refractivity contribution in [2.75, 3.05) is 5.75 Å². The van der Waals surface area contributed by atoms with Gasteiger partial charge in [0, 0.05) is 5.56 Å². The van der Waals surface area contributed by atoms with Crippen LogP contribution in [0.5, 0.6) is 0 Å². The molecule has 0 bridgehead atoms. The first-order valence-corrected chi connectivity index (χ1v) is 5.54. The van der Waals surface area contributed by atoms with E-state index in [-0.39, 0.29) is 6.42 Å². The van der Waals surface area contributed by atoms with Crippen LogP contribution >= 0.6 is 28.6 Å². The van der Waals surface area contributed by atoms with Crippen molar-refractivity contribution in [1.82, 2.24) is 0 Å². The lowest BCUT2D eigenvalue weighted by Gasteiger charge is -2.07. The van der Waals surface area contributed by atoms with Gasteiger partial charge in [-0.25, -0.2) is 17.6 Å². The molecule has 0 amide bonds. The van der Waals surface area contributed by atoms with Gasteiger partial charge in [-0.3, -0.25) is 0 Å². The van der Waals surface area contributed by atoms with Crippen LogP contribution in [0.1, 0.15) is 12.0 Å². The Morgan fingerprint density at radius 1 is 0.933 bits per heavy atom. The van der Waals surface area contributed by atoms with Gasteiger partial charge in [-0.15, -0.1) is 0 Å². The number of rotatable bonds is 3. The van der Waals surface area contributed by atoms with Crippen LogP contribution in [-0.2, 0) is 6.42 Å². The SMILES string of the molecule is Fc1c(F)c(CCCS)c(F)c(F)c1Br. The van der Waals surface area contributed by atoms with E-state index in [0.29, 0.717) is 12.2 Å². The zero-order valence-corrected chi connectivity index (χ0v) is 9.94. The first kappa shape index (κ1) is 12.8. The molecule has 0 unspecified atom stereocenters. The van der Waals surface area contributed by atoms with E-state index in [1.165, 1.54) is 0 Å². The van der Waals surface area contributed by atoms with Crippen LogP contribution in [0.4, 0.5) is 17.6 Å². The summed E-state index contributed by atoms with van der Waals surface area (Å²) in [6.07, 6.45) is 0.264. The third kappa shape index (κ3) is 2.47. The summed E-state index contributed by atoms with van der Waals surface area (Å²) < 4.78 is 51.6. The number of halogens is 5.